The van der Waals surface area contributed by atoms with Crippen LogP contribution in [0.3, 0.4) is 0 Å². The van der Waals surface area contributed by atoms with Crippen LogP contribution in [0.1, 0.15) is 4.88 Å². The minimum atomic E-state index is -1.27. The normalized spacial score (nSPS) is 10.5. The molecule has 19 heavy (non-hydrogen) atoms. The Bertz CT molecular complexity index is 630. The van der Waals surface area contributed by atoms with Crippen LogP contribution < -0.4 is 5.32 Å². The molecule has 0 spiro atoms. The van der Waals surface area contributed by atoms with E-state index in [-0.39, 0.29) is 17.2 Å². The molecule has 0 saturated heterocycles. The zero-order valence-corrected chi connectivity index (χ0v) is 10.1. The van der Waals surface area contributed by atoms with Gasteiger partial charge in [0.25, 0.3) is 0 Å². The second-order valence-electron chi connectivity index (χ2n) is 3.60. The average Bonchev–Trinajstić information content (AvgIpc) is 2.81. The summed E-state index contributed by atoms with van der Waals surface area (Å²) in [6, 6.07) is 3.97. The average molecular weight is 288 g/mol. The van der Waals surface area contributed by atoms with Gasteiger partial charge in [-0.25, -0.2) is 13.2 Å². The quantitative estimate of drug-likeness (QED) is 0.530. The number of nitrogens with zero attached hydrogens (tertiary/aromatic N) is 1. The Balaban J connectivity index is 2.09. The summed E-state index contributed by atoms with van der Waals surface area (Å²) in [5.41, 5.74) is -0.199. The van der Waals surface area contributed by atoms with Crippen molar-refractivity contribution in [1.82, 2.24) is 0 Å². The zero-order chi connectivity index (χ0) is 14.0. The SMILES string of the molecule is O=[N+]([O-])c1ccc(CNc2cc(F)c(F)cc2F)s1. The summed E-state index contributed by atoms with van der Waals surface area (Å²) in [6.45, 7) is 0.0838. The highest BCUT2D eigenvalue weighted by Crippen LogP contribution is 2.25. The summed E-state index contributed by atoms with van der Waals surface area (Å²) in [6.07, 6.45) is 0. The first-order valence-electron chi connectivity index (χ1n) is 5.09. The van der Waals surface area contributed by atoms with E-state index in [4.69, 9.17) is 0 Å². The molecule has 0 unspecified atom stereocenters. The fourth-order valence-electron chi connectivity index (χ4n) is 1.40. The Kier molecular flexibility index (Phi) is 3.70. The molecule has 1 heterocycles. The Morgan fingerprint density at radius 3 is 2.47 bits per heavy atom. The first kappa shape index (κ1) is 13.3. The van der Waals surface area contributed by atoms with E-state index in [1.165, 1.54) is 12.1 Å². The van der Waals surface area contributed by atoms with Crippen molar-refractivity contribution in [3.63, 3.8) is 0 Å². The smallest absolute Gasteiger partial charge is 0.324 e. The molecule has 0 atom stereocenters. The molecule has 2 rings (SSSR count). The third-order valence-electron chi connectivity index (χ3n) is 2.29. The number of thiophene rings is 1. The summed E-state index contributed by atoms with van der Waals surface area (Å²) >= 11 is 0.922. The lowest BCUT2D eigenvalue weighted by atomic mass is 10.2. The predicted molar refractivity (Wildman–Crippen MR) is 64.6 cm³/mol. The molecular weight excluding hydrogens is 281 g/mol. The van der Waals surface area contributed by atoms with Crippen LogP contribution in [0, 0.1) is 27.6 Å². The van der Waals surface area contributed by atoms with Gasteiger partial charge in [-0.1, -0.05) is 11.3 Å². The zero-order valence-electron chi connectivity index (χ0n) is 9.32. The number of nitrogens with one attached hydrogen (secondary N) is 1. The van der Waals surface area contributed by atoms with Crippen LogP contribution in [-0.2, 0) is 6.54 Å². The molecule has 0 bridgehead atoms. The lowest BCUT2D eigenvalue weighted by molar-refractivity contribution is -0.380. The molecule has 0 fully saturated rings. The number of halogens is 3. The highest BCUT2D eigenvalue weighted by Gasteiger charge is 2.12. The monoisotopic (exact) mass is 288 g/mol. The molecule has 0 saturated carbocycles. The molecule has 1 aromatic carbocycles. The molecule has 2 aromatic rings. The Morgan fingerprint density at radius 2 is 1.84 bits per heavy atom. The number of rotatable bonds is 4. The number of hydrogen-bond donors (Lipinski definition) is 1. The lowest BCUT2D eigenvalue weighted by Crippen LogP contribution is -2.01. The third kappa shape index (κ3) is 3.02. The van der Waals surface area contributed by atoms with Crippen LogP contribution in [0.4, 0.5) is 23.9 Å². The standard InChI is InChI=1S/C11H7F3N2O2S/c12-7-3-9(14)10(4-8(7)13)15-5-6-1-2-11(19-6)16(17)18/h1-4,15H,5H2. The van der Waals surface area contributed by atoms with Crippen molar-refractivity contribution in [2.24, 2.45) is 0 Å². The highest BCUT2D eigenvalue weighted by molar-refractivity contribution is 7.15. The number of nitro groups is 1. The Labute approximate surface area is 109 Å². The predicted octanol–water partition coefficient (Wildman–Crippen LogP) is 3.69. The summed E-state index contributed by atoms with van der Waals surface area (Å²) in [7, 11) is 0. The number of benzene rings is 1. The molecule has 4 nitrogen and oxygen atoms in total. The van der Waals surface area contributed by atoms with Crippen LogP contribution in [0.15, 0.2) is 24.3 Å². The number of anilines is 1. The van der Waals surface area contributed by atoms with Gasteiger partial charge in [0.05, 0.1) is 10.6 Å². The van der Waals surface area contributed by atoms with E-state index in [9.17, 15) is 23.3 Å². The van der Waals surface area contributed by atoms with E-state index in [1.807, 2.05) is 0 Å². The lowest BCUT2D eigenvalue weighted by Gasteiger charge is -2.06. The molecule has 0 aliphatic heterocycles. The van der Waals surface area contributed by atoms with Crippen molar-refractivity contribution < 1.29 is 18.1 Å². The van der Waals surface area contributed by atoms with Gasteiger partial charge in [0, 0.05) is 29.6 Å². The number of hydrogen-bond acceptors (Lipinski definition) is 4. The summed E-state index contributed by atoms with van der Waals surface area (Å²) < 4.78 is 38.9. The fourth-order valence-corrected chi connectivity index (χ4v) is 2.16. The fraction of sp³-hybridized carbons (Fsp3) is 0.0909. The molecule has 1 N–H and O–H groups in total. The van der Waals surface area contributed by atoms with Crippen LogP contribution in [0.5, 0.6) is 0 Å². The minimum absolute atomic E-state index is 0.0393. The molecule has 0 aliphatic carbocycles. The van der Waals surface area contributed by atoms with Gasteiger partial charge in [0.15, 0.2) is 11.6 Å². The van der Waals surface area contributed by atoms with Crippen LogP contribution in [0.25, 0.3) is 0 Å². The van der Waals surface area contributed by atoms with Gasteiger partial charge in [-0.2, -0.15) is 0 Å². The molecule has 1 aromatic heterocycles. The summed E-state index contributed by atoms with van der Waals surface area (Å²) in [5.74, 6) is -3.36. The molecule has 0 radical (unpaired) electrons. The van der Waals surface area contributed by atoms with Gasteiger partial charge in [-0.05, 0) is 6.07 Å². The second-order valence-corrected chi connectivity index (χ2v) is 4.74. The van der Waals surface area contributed by atoms with E-state index in [1.54, 1.807) is 0 Å². The van der Waals surface area contributed by atoms with E-state index < -0.39 is 22.4 Å². The van der Waals surface area contributed by atoms with E-state index in [0.29, 0.717) is 17.0 Å². The maximum absolute atomic E-state index is 13.3. The van der Waals surface area contributed by atoms with Crippen molar-refractivity contribution in [3.05, 3.63) is 56.7 Å². The molecule has 8 heteroatoms. The van der Waals surface area contributed by atoms with Crippen molar-refractivity contribution in [1.29, 1.82) is 0 Å². The first-order valence-corrected chi connectivity index (χ1v) is 5.90. The maximum Gasteiger partial charge on any atom is 0.324 e. The van der Waals surface area contributed by atoms with Gasteiger partial charge in [0.2, 0.25) is 0 Å². The molecule has 0 amide bonds. The minimum Gasteiger partial charge on any atom is -0.378 e. The maximum atomic E-state index is 13.3. The molecule has 100 valence electrons. The van der Waals surface area contributed by atoms with Gasteiger partial charge in [-0.15, -0.1) is 0 Å². The van der Waals surface area contributed by atoms with Crippen LogP contribution in [-0.4, -0.2) is 4.92 Å². The largest absolute Gasteiger partial charge is 0.378 e. The summed E-state index contributed by atoms with van der Waals surface area (Å²) in [5, 5.41) is 13.0. The van der Waals surface area contributed by atoms with Crippen molar-refractivity contribution in [2.45, 2.75) is 6.54 Å². The van der Waals surface area contributed by atoms with E-state index in [0.717, 1.165) is 11.3 Å². The van der Waals surface area contributed by atoms with Crippen LogP contribution in [0.2, 0.25) is 0 Å². The van der Waals surface area contributed by atoms with E-state index >= 15 is 0 Å². The van der Waals surface area contributed by atoms with Gasteiger partial charge >= 0.3 is 5.00 Å². The Hall–Kier alpha value is -2.09. The van der Waals surface area contributed by atoms with Gasteiger partial charge in [0.1, 0.15) is 5.82 Å². The molecular formula is C11H7F3N2O2S. The van der Waals surface area contributed by atoms with Crippen molar-refractivity contribution in [2.75, 3.05) is 5.32 Å². The highest BCUT2D eigenvalue weighted by atomic mass is 32.1. The third-order valence-corrected chi connectivity index (χ3v) is 3.33. The Morgan fingerprint density at radius 1 is 1.16 bits per heavy atom. The first-order chi connectivity index (χ1) is 8.97. The summed E-state index contributed by atoms with van der Waals surface area (Å²) in [4.78, 5) is 10.5. The second kappa shape index (κ2) is 5.27. The van der Waals surface area contributed by atoms with Gasteiger partial charge < -0.3 is 5.32 Å². The van der Waals surface area contributed by atoms with E-state index in [2.05, 4.69) is 5.32 Å². The molecule has 0 aliphatic rings. The van der Waals surface area contributed by atoms with Crippen molar-refractivity contribution in [3.8, 4) is 0 Å². The van der Waals surface area contributed by atoms with Gasteiger partial charge in [-0.3, -0.25) is 10.1 Å². The van der Waals surface area contributed by atoms with Crippen molar-refractivity contribution >= 4 is 22.0 Å². The van der Waals surface area contributed by atoms with Crippen LogP contribution >= 0.6 is 11.3 Å². The topological polar surface area (TPSA) is 55.2 Å².